The Morgan fingerprint density at radius 2 is 1.70 bits per heavy atom. The maximum absolute atomic E-state index is 6.02. The van der Waals surface area contributed by atoms with E-state index < -0.39 is 0 Å². The average molecular weight is 356 g/mol. The second-order valence-corrected chi connectivity index (χ2v) is 5.14. The predicted molar refractivity (Wildman–Crippen MR) is 91.6 cm³/mol. The highest BCUT2D eigenvalue weighted by molar-refractivity contribution is 6.35. The van der Waals surface area contributed by atoms with Crippen LogP contribution in [0.15, 0.2) is 29.5 Å². The maximum Gasteiger partial charge on any atom is 0.165 e. The summed E-state index contributed by atoms with van der Waals surface area (Å²) in [6, 6.07) is 5.04. The third kappa shape index (κ3) is 4.18. The fourth-order valence-electron chi connectivity index (χ4n) is 1.81. The predicted octanol–water partition coefficient (Wildman–Crippen LogP) is 3.86. The number of pyridine rings is 1. The number of rotatable bonds is 6. The second kappa shape index (κ2) is 7.89. The van der Waals surface area contributed by atoms with Crippen LogP contribution in [0.3, 0.4) is 0 Å². The highest BCUT2D eigenvalue weighted by Crippen LogP contribution is 2.32. The topological polar surface area (TPSA) is 65.0 Å². The lowest BCUT2D eigenvalue weighted by Gasteiger charge is -2.12. The Morgan fingerprint density at radius 3 is 2.22 bits per heavy atom. The fraction of sp³-hybridized carbons (Fsp3) is 0.200. The summed E-state index contributed by atoms with van der Waals surface area (Å²) in [6.07, 6.45) is 3.02. The molecule has 0 aliphatic carbocycles. The lowest BCUT2D eigenvalue weighted by Crippen LogP contribution is -2.00. The lowest BCUT2D eigenvalue weighted by molar-refractivity contribution is 0.374. The van der Waals surface area contributed by atoms with Crippen molar-refractivity contribution in [3.8, 4) is 17.2 Å². The van der Waals surface area contributed by atoms with Crippen molar-refractivity contribution in [2.75, 3.05) is 26.8 Å². The van der Waals surface area contributed by atoms with Crippen LogP contribution in [0.4, 0.5) is 5.82 Å². The van der Waals surface area contributed by atoms with E-state index in [2.05, 4.69) is 15.5 Å². The first-order valence-corrected chi connectivity index (χ1v) is 7.24. The van der Waals surface area contributed by atoms with Crippen LogP contribution >= 0.6 is 23.2 Å². The van der Waals surface area contributed by atoms with Gasteiger partial charge in [0.15, 0.2) is 5.82 Å². The molecule has 0 unspecified atom stereocenters. The smallest absolute Gasteiger partial charge is 0.165 e. The molecule has 0 bridgehead atoms. The molecule has 0 aliphatic rings. The highest BCUT2D eigenvalue weighted by Gasteiger charge is 2.11. The normalized spacial score (nSPS) is 10.7. The maximum atomic E-state index is 6.02. The van der Waals surface area contributed by atoms with Crippen molar-refractivity contribution >= 4 is 35.2 Å². The number of hydrogen-bond donors (Lipinski definition) is 1. The summed E-state index contributed by atoms with van der Waals surface area (Å²) in [5.74, 6) is 2.12. The Morgan fingerprint density at radius 1 is 1.04 bits per heavy atom. The molecular formula is C15H15Cl2N3O3. The molecule has 8 heteroatoms. The molecule has 0 saturated heterocycles. The van der Waals surface area contributed by atoms with Crippen LogP contribution in [-0.2, 0) is 0 Å². The minimum atomic E-state index is 0.364. The molecule has 0 aliphatic heterocycles. The van der Waals surface area contributed by atoms with Crippen molar-refractivity contribution in [2.24, 2.45) is 5.10 Å². The number of halogens is 2. The van der Waals surface area contributed by atoms with Crippen LogP contribution in [0.5, 0.6) is 17.2 Å². The molecule has 122 valence electrons. The van der Waals surface area contributed by atoms with Gasteiger partial charge in [0.25, 0.3) is 0 Å². The van der Waals surface area contributed by atoms with Gasteiger partial charge in [0, 0.05) is 18.3 Å². The molecule has 0 saturated carbocycles. The quantitative estimate of drug-likeness (QED) is 0.629. The van der Waals surface area contributed by atoms with Gasteiger partial charge in [-0.3, -0.25) is 5.43 Å². The summed E-state index contributed by atoms with van der Waals surface area (Å²) < 4.78 is 15.9. The van der Waals surface area contributed by atoms with E-state index in [4.69, 9.17) is 37.4 Å². The van der Waals surface area contributed by atoms with Crippen molar-refractivity contribution in [3.63, 3.8) is 0 Å². The van der Waals surface area contributed by atoms with Gasteiger partial charge < -0.3 is 14.2 Å². The molecule has 1 aromatic carbocycles. The van der Waals surface area contributed by atoms with Crippen LogP contribution in [0.2, 0.25) is 10.0 Å². The summed E-state index contributed by atoms with van der Waals surface area (Å²) in [5, 5.41) is 4.92. The zero-order valence-electron chi connectivity index (χ0n) is 12.8. The Labute approximate surface area is 144 Å². The Balaban J connectivity index is 2.27. The standard InChI is InChI=1S/C15H15Cl2N3O3/c1-21-10-5-13(22-2)11(14(6-10)23-3)8-19-20-15-12(17)4-9(16)7-18-15/h4-8H,1-3H3,(H,18,20)/b19-8+. The van der Waals surface area contributed by atoms with Crippen LogP contribution in [0.25, 0.3) is 0 Å². The van der Waals surface area contributed by atoms with Crippen molar-refractivity contribution in [2.45, 2.75) is 0 Å². The number of hydrazone groups is 1. The Kier molecular flexibility index (Phi) is 5.90. The largest absolute Gasteiger partial charge is 0.496 e. The minimum absolute atomic E-state index is 0.364. The van der Waals surface area contributed by atoms with Crippen molar-refractivity contribution in [1.29, 1.82) is 0 Å². The van der Waals surface area contributed by atoms with Crippen LogP contribution in [-0.4, -0.2) is 32.5 Å². The molecule has 6 nitrogen and oxygen atoms in total. The number of hydrogen-bond acceptors (Lipinski definition) is 6. The molecule has 0 radical (unpaired) electrons. The van der Waals surface area contributed by atoms with E-state index in [9.17, 15) is 0 Å². The van der Waals surface area contributed by atoms with E-state index in [0.29, 0.717) is 38.7 Å². The van der Waals surface area contributed by atoms with E-state index >= 15 is 0 Å². The third-order valence-corrected chi connectivity index (χ3v) is 3.42. The molecule has 2 aromatic rings. The van der Waals surface area contributed by atoms with Crippen LogP contribution in [0, 0.1) is 0 Å². The van der Waals surface area contributed by atoms with Crippen molar-refractivity contribution in [3.05, 3.63) is 40.0 Å². The molecule has 23 heavy (non-hydrogen) atoms. The third-order valence-electron chi connectivity index (χ3n) is 2.93. The van der Waals surface area contributed by atoms with Gasteiger partial charge in [0.2, 0.25) is 0 Å². The first kappa shape index (κ1) is 17.2. The number of anilines is 1. The molecule has 1 N–H and O–H groups in total. The first-order valence-electron chi connectivity index (χ1n) is 6.49. The van der Waals surface area contributed by atoms with Gasteiger partial charge in [-0.15, -0.1) is 0 Å². The zero-order valence-corrected chi connectivity index (χ0v) is 14.3. The summed E-state index contributed by atoms with van der Waals surface area (Å²) in [7, 11) is 4.67. The van der Waals surface area contributed by atoms with Crippen LogP contribution < -0.4 is 19.6 Å². The number of ether oxygens (including phenoxy) is 3. The highest BCUT2D eigenvalue weighted by atomic mass is 35.5. The summed E-state index contributed by atoms with van der Waals surface area (Å²) in [4.78, 5) is 4.05. The first-order chi connectivity index (χ1) is 11.1. The molecule has 1 heterocycles. The number of benzene rings is 1. The number of nitrogens with one attached hydrogen (secondary N) is 1. The average Bonchev–Trinajstić information content (AvgIpc) is 2.56. The molecule has 0 amide bonds. The zero-order chi connectivity index (χ0) is 16.8. The summed E-state index contributed by atoms with van der Waals surface area (Å²) >= 11 is 11.8. The van der Waals surface area contributed by atoms with Gasteiger partial charge in [0.05, 0.1) is 43.2 Å². The molecule has 0 atom stereocenters. The number of methoxy groups -OCH3 is 3. The van der Waals surface area contributed by atoms with Gasteiger partial charge in [0.1, 0.15) is 17.2 Å². The van der Waals surface area contributed by atoms with Gasteiger partial charge in [-0.2, -0.15) is 5.10 Å². The van der Waals surface area contributed by atoms with Gasteiger partial charge in [-0.25, -0.2) is 4.98 Å². The molecular weight excluding hydrogens is 341 g/mol. The van der Waals surface area contributed by atoms with Gasteiger partial charge in [-0.1, -0.05) is 23.2 Å². The van der Waals surface area contributed by atoms with Gasteiger partial charge in [-0.05, 0) is 6.07 Å². The molecule has 1 aromatic heterocycles. The Bertz CT molecular complexity index is 698. The summed E-state index contributed by atoms with van der Waals surface area (Å²) in [6.45, 7) is 0. The van der Waals surface area contributed by atoms with Crippen molar-refractivity contribution < 1.29 is 14.2 Å². The molecule has 0 spiro atoms. The number of aromatic nitrogens is 1. The summed E-state index contributed by atoms with van der Waals surface area (Å²) in [5.41, 5.74) is 3.39. The van der Waals surface area contributed by atoms with Crippen LogP contribution in [0.1, 0.15) is 5.56 Å². The van der Waals surface area contributed by atoms with E-state index in [1.807, 2.05) is 0 Å². The van der Waals surface area contributed by atoms with E-state index in [-0.39, 0.29) is 0 Å². The Hall–Kier alpha value is -2.18. The van der Waals surface area contributed by atoms with E-state index in [0.717, 1.165) is 0 Å². The SMILES string of the molecule is COc1cc(OC)c(/C=N/Nc2ncc(Cl)cc2Cl)c(OC)c1. The molecule has 2 rings (SSSR count). The minimum Gasteiger partial charge on any atom is -0.496 e. The van der Waals surface area contributed by atoms with E-state index in [1.54, 1.807) is 45.7 Å². The fourth-order valence-corrected chi connectivity index (χ4v) is 2.24. The second-order valence-electron chi connectivity index (χ2n) is 4.30. The lowest BCUT2D eigenvalue weighted by atomic mass is 10.2. The monoisotopic (exact) mass is 355 g/mol. The van der Waals surface area contributed by atoms with Gasteiger partial charge >= 0.3 is 0 Å². The molecule has 0 fully saturated rings. The van der Waals surface area contributed by atoms with Crippen molar-refractivity contribution in [1.82, 2.24) is 4.98 Å². The number of nitrogens with zero attached hydrogens (tertiary/aromatic N) is 2. The van der Waals surface area contributed by atoms with E-state index in [1.165, 1.54) is 6.20 Å².